The van der Waals surface area contributed by atoms with Crippen molar-refractivity contribution in [2.75, 3.05) is 23.8 Å². The quantitative estimate of drug-likeness (QED) is 0.648. The molecule has 0 spiro atoms. The Balaban J connectivity index is 1.53. The van der Waals surface area contributed by atoms with Gasteiger partial charge in [-0.1, -0.05) is 12.1 Å². The number of aromatic carboxylic acids is 1. The van der Waals surface area contributed by atoms with Crippen molar-refractivity contribution in [1.29, 1.82) is 0 Å². The third kappa shape index (κ3) is 4.06. The highest BCUT2D eigenvalue weighted by Crippen LogP contribution is 2.35. The second-order valence-corrected chi connectivity index (χ2v) is 7.33. The first-order valence-electron chi connectivity index (χ1n) is 9.82. The van der Waals surface area contributed by atoms with Crippen LogP contribution in [0.3, 0.4) is 0 Å². The fraction of sp³-hybridized carbons (Fsp3) is 0.261. The Morgan fingerprint density at radius 2 is 2.14 bits per heavy atom. The Kier molecular flexibility index (Phi) is 5.42. The predicted molar refractivity (Wildman–Crippen MR) is 114 cm³/mol. The first kappa shape index (κ1) is 18.9. The van der Waals surface area contributed by atoms with Gasteiger partial charge in [-0.05, 0) is 60.7 Å². The molecule has 29 heavy (non-hydrogen) atoms. The van der Waals surface area contributed by atoms with E-state index in [1.54, 1.807) is 12.4 Å². The molecule has 0 amide bonds. The van der Waals surface area contributed by atoms with Crippen LogP contribution in [0.25, 0.3) is 0 Å². The summed E-state index contributed by atoms with van der Waals surface area (Å²) >= 11 is 0. The molecule has 1 atom stereocenters. The SMILES string of the molecule is CN(c1ccc2c(c1)CCC[C@H]2CNc1cnccc1C(=O)O)c1ccccn1. The summed E-state index contributed by atoms with van der Waals surface area (Å²) in [7, 11) is 2.03. The van der Waals surface area contributed by atoms with Crippen molar-refractivity contribution >= 4 is 23.2 Å². The lowest BCUT2D eigenvalue weighted by Gasteiger charge is -2.28. The molecular formula is C23H24N4O2. The molecule has 0 fully saturated rings. The van der Waals surface area contributed by atoms with Crippen LogP contribution in [0.15, 0.2) is 61.1 Å². The number of hydrogen-bond acceptors (Lipinski definition) is 5. The molecule has 1 aliphatic rings. The van der Waals surface area contributed by atoms with Crippen LogP contribution in [-0.4, -0.2) is 34.6 Å². The van der Waals surface area contributed by atoms with Crippen LogP contribution in [0.4, 0.5) is 17.2 Å². The van der Waals surface area contributed by atoms with E-state index in [9.17, 15) is 9.90 Å². The monoisotopic (exact) mass is 388 g/mol. The van der Waals surface area contributed by atoms with Crippen molar-refractivity contribution in [3.63, 3.8) is 0 Å². The molecule has 0 saturated carbocycles. The zero-order chi connectivity index (χ0) is 20.2. The molecule has 0 bridgehead atoms. The number of pyridine rings is 2. The Morgan fingerprint density at radius 1 is 1.24 bits per heavy atom. The van der Waals surface area contributed by atoms with Gasteiger partial charge in [-0.15, -0.1) is 0 Å². The standard InChI is InChI=1S/C23H24N4O2/c1-27(22-7-2-3-11-25-22)18-8-9-19-16(13-18)5-4-6-17(19)14-26-21-15-24-12-10-20(21)23(28)29/h2-3,7-13,15,17,26H,4-6,14H2,1H3,(H,28,29)/t17-/m0/s1. The fourth-order valence-electron chi connectivity index (χ4n) is 3.96. The van der Waals surface area contributed by atoms with Gasteiger partial charge in [0.25, 0.3) is 0 Å². The number of benzene rings is 1. The van der Waals surface area contributed by atoms with Gasteiger partial charge in [0.2, 0.25) is 0 Å². The molecule has 6 nitrogen and oxygen atoms in total. The average molecular weight is 388 g/mol. The second kappa shape index (κ2) is 8.31. The summed E-state index contributed by atoms with van der Waals surface area (Å²) in [4.78, 5) is 22.0. The third-order valence-electron chi connectivity index (χ3n) is 5.54. The Bertz CT molecular complexity index is 1010. The van der Waals surface area contributed by atoms with Gasteiger partial charge in [0, 0.05) is 37.6 Å². The molecule has 2 aromatic heterocycles. The van der Waals surface area contributed by atoms with Crippen molar-refractivity contribution in [2.45, 2.75) is 25.2 Å². The molecule has 0 unspecified atom stereocenters. The molecule has 1 aromatic carbocycles. The van der Waals surface area contributed by atoms with Gasteiger partial charge in [0.15, 0.2) is 0 Å². The van der Waals surface area contributed by atoms with E-state index in [2.05, 4.69) is 38.4 Å². The normalized spacial score (nSPS) is 15.4. The van der Waals surface area contributed by atoms with Crippen molar-refractivity contribution in [3.05, 3.63) is 77.7 Å². The maximum Gasteiger partial charge on any atom is 0.337 e. The van der Waals surface area contributed by atoms with Gasteiger partial charge in [0.05, 0.1) is 17.4 Å². The smallest absolute Gasteiger partial charge is 0.337 e. The molecule has 2 N–H and O–H groups in total. The zero-order valence-electron chi connectivity index (χ0n) is 16.4. The van der Waals surface area contributed by atoms with Crippen LogP contribution >= 0.6 is 0 Å². The van der Waals surface area contributed by atoms with Crippen LogP contribution in [0.2, 0.25) is 0 Å². The van der Waals surface area contributed by atoms with Gasteiger partial charge in [-0.3, -0.25) is 4.98 Å². The number of carboxylic acid groups (broad SMARTS) is 1. The van der Waals surface area contributed by atoms with Crippen LogP contribution in [-0.2, 0) is 6.42 Å². The highest BCUT2D eigenvalue weighted by Gasteiger charge is 2.22. The topological polar surface area (TPSA) is 78.4 Å². The average Bonchev–Trinajstić information content (AvgIpc) is 2.77. The molecule has 6 heteroatoms. The minimum absolute atomic E-state index is 0.253. The number of carbonyl (C=O) groups is 1. The maximum absolute atomic E-state index is 11.4. The number of aromatic nitrogens is 2. The summed E-state index contributed by atoms with van der Waals surface area (Å²) in [5, 5.41) is 12.7. The number of carboxylic acids is 1. The van der Waals surface area contributed by atoms with E-state index in [0.717, 1.165) is 30.8 Å². The van der Waals surface area contributed by atoms with Crippen LogP contribution in [0, 0.1) is 0 Å². The number of hydrogen-bond donors (Lipinski definition) is 2. The highest BCUT2D eigenvalue weighted by atomic mass is 16.4. The summed E-state index contributed by atoms with van der Waals surface area (Å²) < 4.78 is 0. The molecular weight excluding hydrogens is 364 g/mol. The van der Waals surface area contributed by atoms with E-state index >= 15 is 0 Å². The van der Waals surface area contributed by atoms with Gasteiger partial charge in [-0.25, -0.2) is 9.78 Å². The summed E-state index contributed by atoms with van der Waals surface area (Å²) in [6, 6.07) is 14.0. The van der Waals surface area contributed by atoms with Crippen molar-refractivity contribution in [1.82, 2.24) is 9.97 Å². The lowest BCUT2D eigenvalue weighted by Crippen LogP contribution is -2.20. The van der Waals surface area contributed by atoms with Gasteiger partial charge in [0.1, 0.15) is 5.82 Å². The molecule has 2 heterocycles. The lowest BCUT2D eigenvalue weighted by atomic mass is 9.82. The van der Waals surface area contributed by atoms with E-state index < -0.39 is 5.97 Å². The van der Waals surface area contributed by atoms with Crippen LogP contribution in [0.1, 0.15) is 40.2 Å². The summed E-state index contributed by atoms with van der Waals surface area (Å²) in [6.07, 6.45) is 8.15. The van der Waals surface area contributed by atoms with Gasteiger partial charge >= 0.3 is 5.97 Å². The summed E-state index contributed by atoms with van der Waals surface area (Å²) in [5.41, 5.74) is 4.63. The number of rotatable bonds is 6. The molecule has 0 radical (unpaired) electrons. The number of anilines is 3. The molecule has 3 aromatic rings. The van der Waals surface area contributed by atoms with Gasteiger partial charge in [-0.2, -0.15) is 0 Å². The molecule has 148 valence electrons. The minimum Gasteiger partial charge on any atom is -0.478 e. The fourth-order valence-corrected chi connectivity index (χ4v) is 3.96. The predicted octanol–water partition coefficient (Wildman–Crippen LogP) is 4.47. The molecule has 4 rings (SSSR count). The minimum atomic E-state index is -0.943. The van der Waals surface area contributed by atoms with Crippen LogP contribution in [0.5, 0.6) is 0 Å². The Labute approximate surface area is 170 Å². The Morgan fingerprint density at radius 3 is 2.93 bits per heavy atom. The van der Waals surface area contributed by atoms with Gasteiger partial charge < -0.3 is 15.3 Å². The summed E-state index contributed by atoms with van der Waals surface area (Å²) in [6.45, 7) is 0.689. The van der Waals surface area contributed by atoms with E-state index in [0.29, 0.717) is 18.2 Å². The zero-order valence-corrected chi connectivity index (χ0v) is 16.4. The van der Waals surface area contributed by atoms with Crippen molar-refractivity contribution in [2.24, 2.45) is 0 Å². The maximum atomic E-state index is 11.4. The Hall–Kier alpha value is -3.41. The van der Waals surface area contributed by atoms with E-state index in [1.165, 1.54) is 23.4 Å². The van der Waals surface area contributed by atoms with Crippen molar-refractivity contribution in [3.8, 4) is 0 Å². The third-order valence-corrected chi connectivity index (χ3v) is 5.54. The summed E-state index contributed by atoms with van der Waals surface area (Å²) in [5.74, 6) is 0.315. The van der Waals surface area contributed by atoms with Crippen LogP contribution < -0.4 is 10.2 Å². The lowest BCUT2D eigenvalue weighted by molar-refractivity contribution is 0.0698. The van der Waals surface area contributed by atoms with E-state index in [1.807, 2.05) is 25.2 Å². The molecule has 0 saturated heterocycles. The largest absolute Gasteiger partial charge is 0.478 e. The molecule has 0 aliphatic heterocycles. The number of nitrogens with one attached hydrogen (secondary N) is 1. The number of fused-ring (bicyclic) bond motifs is 1. The van der Waals surface area contributed by atoms with E-state index in [-0.39, 0.29) is 5.56 Å². The second-order valence-electron chi connectivity index (χ2n) is 7.33. The number of aryl methyl sites for hydroxylation is 1. The van der Waals surface area contributed by atoms with Crippen molar-refractivity contribution < 1.29 is 9.90 Å². The highest BCUT2D eigenvalue weighted by molar-refractivity contribution is 5.93. The first-order chi connectivity index (χ1) is 14.1. The first-order valence-corrected chi connectivity index (χ1v) is 9.82. The number of nitrogens with zero attached hydrogens (tertiary/aromatic N) is 3. The van der Waals surface area contributed by atoms with E-state index in [4.69, 9.17) is 0 Å². The molecule has 1 aliphatic carbocycles.